The smallest absolute Gasteiger partial charge is 0.198 e. The van der Waals surface area contributed by atoms with Gasteiger partial charge in [0.2, 0.25) is 0 Å². The third-order valence-electron chi connectivity index (χ3n) is 2.00. The molecular weight excluding hydrogens is 182 g/mol. The van der Waals surface area contributed by atoms with E-state index < -0.39 is 0 Å². The van der Waals surface area contributed by atoms with E-state index in [1.54, 1.807) is 0 Å². The number of nitrogens with zero attached hydrogens (tertiary/aromatic N) is 1. The molecule has 0 radical (unpaired) electrons. The molecule has 0 unspecified atom stereocenters. The summed E-state index contributed by atoms with van der Waals surface area (Å²) in [7, 11) is -0.0481. The Kier molecular flexibility index (Phi) is 1.92. The molecule has 2 aromatic rings. The number of nitrogens with two attached hydrogens (primary N) is 1. The summed E-state index contributed by atoms with van der Waals surface area (Å²) in [5.74, 6) is 0.490. The van der Waals surface area contributed by atoms with Crippen molar-refractivity contribution in [2.45, 2.75) is 4.90 Å². The number of rotatable bonds is 1. The Morgan fingerprint density at radius 1 is 1.38 bits per heavy atom. The van der Waals surface area contributed by atoms with Gasteiger partial charge in [0.1, 0.15) is 0 Å². The fraction of sp³-hybridized carbons (Fsp3) is 0.222. The molecule has 0 bridgehead atoms. The molecule has 0 aliphatic carbocycles. The first-order valence-corrected chi connectivity index (χ1v) is 6.33. The number of imidazole rings is 1. The number of thiol groups is 1. The minimum atomic E-state index is -0.0481. The predicted octanol–water partition coefficient (Wildman–Crippen LogP) is 1.76. The van der Waals surface area contributed by atoms with Crippen LogP contribution in [0.25, 0.3) is 11.0 Å². The molecule has 13 heavy (non-hydrogen) atoms. The Labute approximate surface area is 79.7 Å². The summed E-state index contributed by atoms with van der Waals surface area (Å²) in [6.07, 6.45) is 4.46. The van der Waals surface area contributed by atoms with E-state index in [1.165, 1.54) is 4.90 Å². The second kappa shape index (κ2) is 2.96. The lowest BCUT2D eigenvalue weighted by Gasteiger charge is -2.08. The minimum absolute atomic E-state index is 0.0481. The van der Waals surface area contributed by atoms with Gasteiger partial charge >= 0.3 is 0 Å². The average molecular weight is 195 g/mol. The minimum Gasteiger partial charge on any atom is -0.369 e. The third-order valence-corrected chi connectivity index (χ3v) is 3.31. The van der Waals surface area contributed by atoms with Crippen LogP contribution in [0, 0.1) is 0 Å². The Bertz CT molecular complexity index is 433. The van der Waals surface area contributed by atoms with Crippen molar-refractivity contribution in [2.75, 3.05) is 18.2 Å². The highest BCUT2D eigenvalue weighted by molar-refractivity contribution is 8.15. The molecule has 0 aliphatic rings. The number of anilines is 1. The summed E-state index contributed by atoms with van der Waals surface area (Å²) < 4.78 is 0. The van der Waals surface area contributed by atoms with Crippen LogP contribution in [0.15, 0.2) is 23.1 Å². The van der Waals surface area contributed by atoms with Crippen molar-refractivity contribution in [2.24, 2.45) is 0 Å². The second-order valence-corrected chi connectivity index (χ2v) is 5.52. The zero-order chi connectivity index (χ0) is 9.42. The summed E-state index contributed by atoms with van der Waals surface area (Å²) in [6.45, 7) is 0. The maximum Gasteiger partial charge on any atom is 0.198 e. The van der Waals surface area contributed by atoms with Crippen LogP contribution in [-0.2, 0) is 0 Å². The van der Waals surface area contributed by atoms with Crippen molar-refractivity contribution in [3.05, 3.63) is 18.2 Å². The molecule has 0 atom stereocenters. The molecule has 0 fully saturated rings. The van der Waals surface area contributed by atoms with E-state index in [0.29, 0.717) is 5.95 Å². The molecule has 2 rings (SSSR count). The van der Waals surface area contributed by atoms with E-state index in [9.17, 15) is 0 Å². The molecule has 1 aromatic heterocycles. The Morgan fingerprint density at radius 2 is 2.15 bits per heavy atom. The number of benzene rings is 1. The van der Waals surface area contributed by atoms with E-state index in [1.807, 2.05) is 6.07 Å². The average Bonchev–Trinajstić information content (AvgIpc) is 2.42. The zero-order valence-corrected chi connectivity index (χ0v) is 8.60. The summed E-state index contributed by atoms with van der Waals surface area (Å²) >= 11 is 0. The normalized spacial score (nSPS) is 12.0. The number of hydrogen-bond donors (Lipinski definition) is 3. The summed E-state index contributed by atoms with van der Waals surface area (Å²) in [5, 5.41) is 0. The standard InChI is InChI=1S/C9H13N3S/c1-13(2)6-3-4-7-8(5-6)12-9(10)11-7/h3-5,13H,1-2H3,(H3,10,11,12). The van der Waals surface area contributed by atoms with E-state index in [4.69, 9.17) is 5.73 Å². The lowest BCUT2D eigenvalue weighted by Crippen LogP contribution is -1.84. The number of aromatic nitrogens is 2. The Morgan fingerprint density at radius 3 is 2.85 bits per heavy atom. The molecule has 0 spiro atoms. The van der Waals surface area contributed by atoms with Crippen LogP contribution in [0.2, 0.25) is 0 Å². The van der Waals surface area contributed by atoms with Gasteiger partial charge < -0.3 is 10.7 Å². The first-order valence-electron chi connectivity index (χ1n) is 4.09. The molecule has 0 aliphatic heterocycles. The summed E-state index contributed by atoms with van der Waals surface area (Å²) in [4.78, 5) is 8.54. The molecule has 0 saturated carbocycles. The number of fused-ring (bicyclic) bond motifs is 1. The van der Waals surface area contributed by atoms with Gasteiger partial charge in [-0.3, -0.25) is 0 Å². The fourth-order valence-electron chi connectivity index (χ4n) is 1.30. The number of hydrogen-bond acceptors (Lipinski definition) is 2. The van der Waals surface area contributed by atoms with Gasteiger partial charge in [-0.05, 0) is 35.6 Å². The molecular formula is C9H13N3S. The summed E-state index contributed by atoms with van der Waals surface area (Å²) in [5.41, 5.74) is 7.53. The molecule has 3 nitrogen and oxygen atoms in total. The first kappa shape index (κ1) is 8.44. The molecule has 0 amide bonds. The SMILES string of the molecule is C[SH](C)c1ccc2nc(N)[nH]c2c1. The van der Waals surface area contributed by atoms with Gasteiger partial charge in [-0.15, -0.1) is 0 Å². The van der Waals surface area contributed by atoms with E-state index in [-0.39, 0.29) is 10.9 Å². The third kappa shape index (κ3) is 1.49. The van der Waals surface area contributed by atoms with Crippen molar-refractivity contribution in [3.8, 4) is 0 Å². The summed E-state index contributed by atoms with van der Waals surface area (Å²) in [6, 6.07) is 6.26. The van der Waals surface area contributed by atoms with Crippen molar-refractivity contribution >= 4 is 27.9 Å². The number of aromatic amines is 1. The van der Waals surface area contributed by atoms with Gasteiger partial charge in [-0.25, -0.2) is 15.9 Å². The van der Waals surface area contributed by atoms with Gasteiger partial charge in [-0.1, -0.05) is 0 Å². The van der Waals surface area contributed by atoms with E-state index in [0.717, 1.165) is 11.0 Å². The molecule has 4 heteroatoms. The van der Waals surface area contributed by atoms with Crippen LogP contribution in [0.3, 0.4) is 0 Å². The zero-order valence-electron chi connectivity index (χ0n) is 7.70. The maximum atomic E-state index is 5.56. The highest BCUT2D eigenvalue weighted by Gasteiger charge is 2.01. The first-order chi connectivity index (χ1) is 6.16. The van der Waals surface area contributed by atoms with Crippen LogP contribution < -0.4 is 5.73 Å². The van der Waals surface area contributed by atoms with Crippen molar-refractivity contribution < 1.29 is 0 Å². The largest absolute Gasteiger partial charge is 0.369 e. The number of nitrogen functional groups attached to an aromatic ring is 1. The van der Waals surface area contributed by atoms with Gasteiger partial charge in [0.25, 0.3) is 0 Å². The monoisotopic (exact) mass is 195 g/mol. The van der Waals surface area contributed by atoms with Crippen LogP contribution >= 0.6 is 10.9 Å². The van der Waals surface area contributed by atoms with Gasteiger partial charge in [-0.2, -0.15) is 0 Å². The van der Waals surface area contributed by atoms with Crippen molar-refractivity contribution in [1.82, 2.24) is 9.97 Å². The van der Waals surface area contributed by atoms with Gasteiger partial charge in [0.15, 0.2) is 5.95 Å². The van der Waals surface area contributed by atoms with Crippen LogP contribution in [0.1, 0.15) is 0 Å². The highest BCUT2D eigenvalue weighted by atomic mass is 32.2. The quantitative estimate of drug-likeness (QED) is 0.607. The van der Waals surface area contributed by atoms with Crippen LogP contribution in [0.4, 0.5) is 5.95 Å². The molecule has 1 aromatic carbocycles. The van der Waals surface area contributed by atoms with Gasteiger partial charge in [0.05, 0.1) is 11.0 Å². The van der Waals surface area contributed by atoms with E-state index in [2.05, 4.69) is 34.6 Å². The van der Waals surface area contributed by atoms with Gasteiger partial charge in [0, 0.05) is 0 Å². The number of nitrogens with one attached hydrogen (secondary N) is 1. The second-order valence-electron chi connectivity index (χ2n) is 3.22. The topological polar surface area (TPSA) is 54.7 Å². The van der Waals surface area contributed by atoms with Crippen molar-refractivity contribution in [3.63, 3.8) is 0 Å². The Balaban J connectivity index is 2.61. The molecule has 1 heterocycles. The molecule has 0 saturated heterocycles. The molecule has 70 valence electrons. The maximum absolute atomic E-state index is 5.56. The van der Waals surface area contributed by atoms with Crippen LogP contribution in [0.5, 0.6) is 0 Å². The van der Waals surface area contributed by atoms with Crippen molar-refractivity contribution in [1.29, 1.82) is 0 Å². The number of H-pyrrole nitrogens is 1. The van der Waals surface area contributed by atoms with Crippen LogP contribution in [-0.4, -0.2) is 22.5 Å². The fourth-order valence-corrected chi connectivity index (χ4v) is 2.06. The van der Waals surface area contributed by atoms with E-state index >= 15 is 0 Å². The molecule has 3 N–H and O–H groups in total. The predicted molar refractivity (Wildman–Crippen MR) is 59.6 cm³/mol. The lowest BCUT2D eigenvalue weighted by molar-refractivity contribution is 1.35. The lowest BCUT2D eigenvalue weighted by atomic mass is 10.3. The highest BCUT2D eigenvalue weighted by Crippen LogP contribution is 2.30. The Hall–Kier alpha value is -1.16.